The Balaban J connectivity index is 1.86. The maximum absolute atomic E-state index is 13.3. The maximum Gasteiger partial charge on any atom is 0.282 e. The number of hydrogen-bond acceptors (Lipinski definition) is 3. The highest BCUT2D eigenvalue weighted by atomic mass is 19.1. The molecule has 5 heteroatoms. The molecule has 2 heterocycles. The van der Waals surface area contributed by atoms with Gasteiger partial charge in [-0.2, -0.15) is 0 Å². The van der Waals surface area contributed by atoms with Crippen LogP contribution in [0.5, 0.6) is 0 Å². The number of rotatable bonds is 3. The second kappa shape index (κ2) is 6.65. The molecule has 2 amide bonds. The summed E-state index contributed by atoms with van der Waals surface area (Å²) < 4.78 is 13.3. The summed E-state index contributed by atoms with van der Waals surface area (Å²) in [4.78, 5) is 29.8. The highest BCUT2D eigenvalue weighted by Gasteiger charge is 2.43. The van der Waals surface area contributed by atoms with E-state index in [1.54, 1.807) is 0 Å². The molecule has 0 atom stereocenters. The van der Waals surface area contributed by atoms with Gasteiger partial charge < -0.3 is 4.90 Å². The lowest BCUT2D eigenvalue weighted by atomic mass is 9.97. The van der Waals surface area contributed by atoms with Gasteiger partial charge in [-0.3, -0.25) is 9.59 Å². The Bertz CT molecular complexity index is 957. The van der Waals surface area contributed by atoms with E-state index < -0.39 is 5.82 Å². The van der Waals surface area contributed by atoms with Crippen LogP contribution in [0.2, 0.25) is 0 Å². The third-order valence-electron chi connectivity index (χ3n) is 5.22. The minimum atomic E-state index is -0.403. The minimum Gasteiger partial charge on any atom is -0.366 e. The van der Waals surface area contributed by atoms with Crippen molar-refractivity contribution in [3.63, 3.8) is 0 Å². The molecule has 2 aliphatic rings. The van der Waals surface area contributed by atoms with E-state index in [2.05, 4.69) is 0 Å². The van der Waals surface area contributed by atoms with Crippen molar-refractivity contribution in [1.29, 1.82) is 0 Å². The van der Waals surface area contributed by atoms with Crippen molar-refractivity contribution >= 4 is 23.1 Å². The Morgan fingerprint density at radius 2 is 1.56 bits per heavy atom. The third-order valence-corrected chi connectivity index (χ3v) is 5.22. The Labute approximate surface area is 157 Å². The highest BCUT2D eigenvalue weighted by molar-refractivity contribution is 6.45. The van der Waals surface area contributed by atoms with E-state index >= 15 is 0 Å². The van der Waals surface area contributed by atoms with Gasteiger partial charge >= 0.3 is 0 Å². The summed E-state index contributed by atoms with van der Waals surface area (Å²) in [6.45, 7) is 5.48. The van der Waals surface area contributed by atoms with Crippen molar-refractivity contribution in [2.24, 2.45) is 0 Å². The summed E-state index contributed by atoms with van der Waals surface area (Å²) in [7, 11) is 0. The van der Waals surface area contributed by atoms with Crippen molar-refractivity contribution in [1.82, 2.24) is 4.90 Å². The summed E-state index contributed by atoms with van der Waals surface area (Å²) in [5.41, 5.74) is 4.15. The number of hydrogen-bond donors (Lipinski definition) is 0. The first-order valence-electron chi connectivity index (χ1n) is 9.18. The van der Waals surface area contributed by atoms with Crippen LogP contribution in [-0.4, -0.2) is 29.8 Å². The van der Waals surface area contributed by atoms with Crippen molar-refractivity contribution in [3.05, 3.63) is 70.7 Å². The Hall–Kier alpha value is -2.95. The fraction of sp³-hybridized carbons (Fsp3) is 0.273. The van der Waals surface area contributed by atoms with E-state index in [4.69, 9.17) is 0 Å². The smallest absolute Gasteiger partial charge is 0.282 e. The zero-order valence-corrected chi connectivity index (χ0v) is 15.5. The number of amides is 2. The van der Waals surface area contributed by atoms with Gasteiger partial charge in [0.1, 0.15) is 11.5 Å². The average Bonchev–Trinajstić information content (AvgIpc) is 3.23. The predicted molar refractivity (Wildman–Crippen MR) is 103 cm³/mol. The first-order valence-corrected chi connectivity index (χ1v) is 9.18. The molecule has 4 rings (SSSR count). The molecule has 0 aromatic heterocycles. The molecule has 0 spiro atoms. The third kappa shape index (κ3) is 2.93. The summed E-state index contributed by atoms with van der Waals surface area (Å²) >= 11 is 0. The summed E-state index contributed by atoms with van der Waals surface area (Å²) in [6, 6.07) is 11.4. The largest absolute Gasteiger partial charge is 0.366 e. The van der Waals surface area contributed by atoms with Crippen LogP contribution in [0, 0.1) is 19.7 Å². The first kappa shape index (κ1) is 17.5. The molecule has 1 saturated heterocycles. The second-order valence-corrected chi connectivity index (χ2v) is 7.16. The number of anilines is 1. The average molecular weight is 364 g/mol. The lowest BCUT2D eigenvalue weighted by Crippen LogP contribution is -2.34. The molecule has 2 aromatic carbocycles. The number of carbonyl (C=O) groups excluding carboxylic acids is 2. The monoisotopic (exact) mass is 364 g/mol. The molecule has 1 fully saturated rings. The normalized spacial score (nSPS) is 17.4. The van der Waals surface area contributed by atoms with Gasteiger partial charge in [0.2, 0.25) is 0 Å². The van der Waals surface area contributed by atoms with E-state index in [1.165, 1.54) is 29.2 Å². The Morgan fingerprint density at radius 3 is 2.19 bits per heavy atom. The van der Waals surface area contributed by atoms with Gasteiger partial charge in [-0.25, -0.2) is 9.29 Å². The van der Waals surface area contributed by atoms with Gasteiger partial charge in [-0.05, 0) is 62.1 Å². The van der Waals surface area contributed by atoms with Crippen LogP contribution < -0.4 is 4.90 Å². The zero-order valence-electron chi connectivity index (χ0n) is 15.5. The topological polar surface area (TPSA) is 40.6 Å². The van der Waals surface area contributed by atoms with E-state index in [0.717, 1.165) is 42.6 Å². The van der Waals surface area contributed by atoms with Gasteiger partial charge in [0, 0.05) is 13.1 Å². The maximum atomic E-state index is 13.3. The molecule has 0 bridgehead atoms. The van der Waals surface area contributed by atoms with Gasteiger partial charge in [0.05, 0.1) is 11.3 Å². The van der Waals surface area contributed by atoms with Crippen LogP contribution in [0.4, 0.5) is 10.1 Å². The zero-order chi connectivity index (χ0) is 19.1. The molecule has 0 aliphatic carbocycles. The molecular formula is C22H21FN2O2. The van der Waals surface area contributed by atoms with Crippen LogP contribution in [0.1, 0.15) is 29.5 Å². The summed E-state index contributed by atoms with van der Waals surface area (Å²) in [6.07, 6.45) is 2.00. The first-order chi connectivity index (χ1) is 13.0. The van der Waals surface area contributed by atoms with Gasteiger partial charge in [0.15, 0.2) is 0 Å². The number of nitrogens with zero attached hydrogens (tertiary/aromatic N) is 2. The minimum absolute atomic E-state index is 0.330. The van der Waals surface area contributed by atoms with E-state index in [-0.39, 0.29) is 11.8 Å². The van der Waals surface area contributed by atoms with Crippen LogP contribution in [0.25, 0.3) is 5.57 Å². The van der Waals surface area contributed by atoms with Crippen molar-refractivity contribution < 1.29 is 14.0 Å². The molecule has 27 heavy (non-hydrogen) atoms. The Morgan fingerprint density at radius 1 is 0.889 bits per heavy atom. The molecule has 2 aromatic rings. The van der Waals surface area contributed by atoms with E-state index in [9.17, 15) is 14.0 Å². The lowest BCUT2D eigenvalue weighted by molar-refractivity contribution is -0.120. The molecule has 2 aliphatic heterocycles. The van der Waals surface area contributed by atoms with E-state index in [1.807, 2.05) is 36.9 Å². The van der Waals surface area contributed by atoms with Gasteiger partial charge in [-0.15, -0.1) is 0 Å². The quantitative estimate of drug-likeness (QED) is 0.778. The van der Waals surface area contributed by atoms with Crippen LogP contribution in [0.3, 0.4) is 0 Å². The van der Waals surface area contributed by atoms with Gasteiger partial charge in [0.25, 0.3) is 11.8 Å². The van der Waals surface area contributed by atoms with Crippen molar-refractivity contribution in [3.8, 4) is 0 Å². The fourth-order valence-corrected chi connectivity index (χ4v) is 3.91. The number of aryl methyl sites for hydroxylation is 2. The molecule has 138 valence electrons. The number of carbonyl (C=O) groups is 2. The van der Waals surface area contributed by atoms with Crippen molar-refractivity contribution in [2.45, 2.75) is 26.7 Å². The molecule has 0 N–H and O–H groups in total. The number of imide groups is 1. The molecule has 4 nitrogen and oxygen atoms in total. The van der Waals surface area contributed by atoms with E-state index in [0.29, 0.717) is 17.0 Å². The van der Waals surface area contributed by atoms with Crippen LogP contribution in [-0.2, 0) is 9.59 Å². The summed E-state index contributed by atoms with van der Waals surface area (Å²) in [5, 5.41) is 0. The summed E-state index contributed by atoms with van der Waals surface area (Å²) in [5.74, 6) is -1.08. The Kier molecular flexibility index (Phi) is 4.30. The number of likely N-dealkylation sites (tertiary alicyclic amines) is 1. The highest BCUT2D eigenvalue weighted by Crippen LogP contribution is 2.37. The van der Waals surface area contributed by atoms with Crippen LogP contribution in [0.15, 0.2) is 48.2 Å². The van der Waals surface area contributed by atoms with Gasteiger partial charge in [-0.1, -0.05) is 23.8 Å². The predicted octanol–water partition coefficient (Wildman–Crippen LogP) is 3.82. The van der Waals surface area contributed by atoms with Crippen molar-refractivity contribution in [2.75, 3.05) is 18.0 Å². The molecule has 0 unspecified atom stereocenters. The number of halogens is 1. The standard InChI is InChI=1S/C22H21FN2O2/c1-14-5-10-18(15(2)13-14)19-20(24-11-3-4-12-24)22(27)25(21(19)26)17-8-6-16(23)7-9-17/h5-10,13H,3-4,11-12H2,1-2H3. The van der Waals surface area contributed by atoms with Crippen LogP contribution >= 0.6 is 0 Å². The fourth-order valence-electron chi connectivity index (χ4n) is 3.91. The molecule has 0 saturated carbocycles. The molecular weight excluding hydrogens is 343 g/mol. The lowest BCUT2D eigenvalue weighted by Gasteiger charge is -2.20. The second-order valence-electron chi connectivity index (χ2n) is 7.16. The SMILES string of the molecule is Cc1ccc(C2=C(N3CCCC3)C(=O)N(c3ccc(F)cc3)C2=O)c(C)c1. The number of benzene rings is 2. The molecule has 0 radical (unpaired) electrons.